The molecule has 1 fully saturated rings. The van der Waals surface area contributed by atoms with Crippen LogP contribution in [0.15, 0.2) is 24.3 Å². The van der Waals surface area contributed by atoms with Crippen molar-refractivity contribution in [3.63, 3.8) is 0 Å². The van der Waals surface area contributed by atoms with Crippen LogP contribution < -0.4 is 15.4 Å². The summed E-state index contributed by atoms with van der Waals surface area (Å²) in [6.45, 7) is 2.86. The van der Waals surface area contributed by atoms with Gasteiger partial charge < -0.3 is 24.8 Å². The molecule has 0 aromatic heterocycles. The van der Waals surface area contributed by atoms with Crippen molar-refractivity contribution in [1.29, 1.82) is 0 Å². The Hall–Kier alpha value is -1.63. The third-order valence-electron chi connectivity index (χ3n) is 3.35. The predicted molar refractivity (Wildman–Crippen MR) is 84.3 cm³/mol. The molecule has 2 N–H and O–H groups in total. The summed E-state index contributed by atoms with van der Waals surface area (Å²) < 4.78 is 16.1. The Bertz CT molecular complexity index is 461. The van der Waals surface area contributed by atoms with Gasteiger partial charge in [-0.15, -0.1) is 0 Å². The quantitative estimate of drug-likeness (QED) is 0.675. The van der Waals surface area contributed by atoms with Gasteiger partial charge in [0.1, 0.15) is 12.4 Å². The number of carbonyl (C=O) groups excluding carboxylic acids is 1. The number of rotatable bonds is 9. The highest BCUT2D eigenvalue weighted by Gasteiger charge is 2.16. The average Bonchev–Trinajstić information content (AvgIpc) is 3.03. The summed E-state index contributed by atoms with van der Waals surface area (Å²) in [5, 5.41) is 5.83. The van der Waals surface area contributed by atoms with E-state index < -0.39 is 0 Å². The summed E-state index contributed by atoms with van der Waals surface area (Å²) in [6.07, 6.45) is 2.33. The molecule has 1 saturated heterocycles. The van der Waals surface area contributed by atoms with Crippen molar-refractivity contribution < 1.29 is 19.0 Å². The third-order valence-corrected chi connectivity index (χ3v) is 3.35. The zero-order chi connectivity index (χ0) is 15.6. The summed E-state index contributed by atoms with van der Waals surface area (Å²) in [6, 6.07) is 7.40. The van der Waals surface area contributed by atoms with Gasteiger partial charge in [-0.3, -0.25) is 4.79 Å². The highest BCUT2D eigenvalue weighted by molar-refractivity contribution is 5.92. The molecule has 22 heavy (non-hydrogen) atoms. The van der Waals surface area contributed by atoms with Gasteiger partial charge in [-0.2, -0.15) is 0 Å². The third kappa shape index (κ3) is 6.01. The summed E-state index contributed by atoms with van der Waals surface area (Å²) in [7, 11) is 1.63. The van der Waals surface area contributed by atoms with Crippen molar-refractivity contribution in [2.75, 3.05) is 45.3 Å². The molecular weight excluding hydrogens is 284 g/mol. The number of amides is 1. The maximum absolute atomic E-state index is 11.8. The first-order valence-electron chi connectivity index (χ1n) is 7.62. The number of hydrogen-bond acceptors (Lipinski definition) is 5. The summed E-state index contributed by atoms with van der Waals surface area (Å²) in [5.74, 6) is 0.646. The van der Waals surface area contributed by atoms with Gasteiger partial charge in [-0.1, -0.05) is 6.07 Å². The van der Waals surface area contributed by atoms with Crippen LogP contribution in [0.25, 0.3) is 0 Å². The lowest BCUT2D eigenvalue weighted by atomic mass is 10.2. The Morgan fingerprint density at radius 1 is 1.45 bits per heavy atom. The molecule has 0 aliphatic carbocycles. The Kier molecular flexibility index (Phi) is 7.15. The van der Waals surface area contributed by atoms with E-state index in [-0.39, 0.29) is 18.6 Å². The van der Waals surface area contributed by atoms with E-state index in [1.54, 1.807) is 7.11 Å². The molecule has 0 spiro atoms. The molecule has 1 atom stereocenters. The first-order valence-corrected chi connectivity index (χ1v) is 7.62. The second kappa shape index (κ2) is 9.40. The Labute approximate surface area is 131 Å². The Morgan fingerprint density at radius 2 is 2.36 bits per heavy atom. The van der Waals surface area contributed by atoms with E-state index >= 15 is 0 Å². The van der Waals surface area contributed by atoms with Crippen molar-refractivity contribution in [2.45, 2.75) is 18.9 Å². The van der Waals surface area contributed by atoms with Gasteiger partial charge >= 0.3 is 0 Å². The van der Waals surface area contributed by atoms with Gasteiger partial charge in [0.15, 0.2) is 0 Å². The van der Waals surface area contributed by atoms with E-state index in [2.05, 4.69) is 10.6 Å². The van der Waals surface area contributed by atoms with Gasteiger partial charge in [-0.05, 0) is 25.0 Å². The highest BCUT2D eigenvalue weighted by Crippen LogP contribution is 2.19. The molecule has 1 unspecified atom stereocenters. The predicted octanol–water partition coefficient (Wildman–Crippen LogP) is 1.42. The van der Waals surface area contributed by atoms with Gasteiger partial charge in [0.2, 0.25) is 5.91 Å². The lowest BCUT2D eigenvalue weighted by Gasteiger charge is -2.12. The topological polar surface area (TPSA) is 68.8 Å². The van der Waals surface area contributed by atoms with Crippen LogP contribution in [0.4, 0.5) is 5.69 Å². The normalized spacial score (nSPS) is 17.4. The van der Waals surface area contributed by atoms with Crippen LogP contribution in [-0.4, -0.2) is 52.0 Å². The van der Waals surface area contributed by atoms with Crippen molar-refractivity contribution in [3.8, 4) is 5.75 Å². The van der Waals surface area contributed by atoms with E-state index in [9.17, 15) is 4.79 Å². The van der Waals surface area contributed by atoms with Crippen LogP contribution in [-0.2, 0) is 14.3 Å². The van der Waals surface area contributed by atoms with Crippen molar-refractivity contribution in [1.82, 2.24) is 5.32 Å². The molecule has 1 aromatic rings. The van der Waals surface area contributed by atoms with Crippen LogP contribution in [0.2, 0.25) is 0 Å². The molecule has 0 bridgehead atoms. The lowest BCUT2D eigenvalue weighted by molar-refractivity contribution is -0.115. The van der Waals surface area contributed by atoms with E-state index in [0.717, 1.165) is 30.9 Å². The number of carbonyl (C=O) groups is 1. The molecular formula is C16H24N2O4. The molecule has 1 aromatic carbocycles. The highest BCUT2D eigenvalue weighted by atomic mass is 16.5. The van der Waals surface area contributed by atoms with Crippen molar-refractivity contribution in [2.24, 2.45) is 0 Å². The van der Waals surface area contributed by atoms with Crippen LogP contribution in [0, 0.1) is 0 Å². The average molecular weight is 308 g/mol. The first-order chi connectivity index (χ1) is 10.8. The van der Waals surface area contributed by atoms with Gasteiger partial charge in [0.25, 0.3) is 0 Å². The van der Waals surface area contributed by atoms with Crippen LogP contribution in [0.1, 0.15) is 12.8 Å². The fourth-order valence-corrected chi connectivity index (χ4v) is 2.21. The molecule has 122 valence electrons. The second-order valence-corrected chi connectivity index (χ2v) is 5.19. The summed E-state index contributed by atoms with van der Waals surface area (Å²) >= 11 is 0. The molecule has 6 heteroatoms. The fraction of sp³-hybridized carbons (Fsp3) is 0.562. The number of hydrogen-bond donors (Lipinski definition) is 2. The van der Waals surface area contributed by atoms with Gasteiger partial charge in [-0.25, -0.2) is 0 Å². The standard InChI is InChI=1S/C16H24N2O4/c1-20-9-7-17-11-16(19)18-13-4-2-5-14(10-13)22-12-15-6-3-8-21-15/h2,4-5,10,15,17H,3,6-9,11-12H2,1H3,(H,18,19). The Balaban J connectivity index is 1.74. The van der Waals surface area contributed by atoms with Crippen LogP contribution in [0.3, 0.4) is 0 Å². The smallest absolute Gasteiger partial charge is 0.238 e. The number of benzene rings is 1. The summed E-state index contributed by atoms with van der Waals surface area (Å²) in [4.78, 5) is 11.8. The molecule has 1 heterocycles. The minimum atomic E-state index is -0.0904. The van der Waals surface area contributed by atoms with E-state index in [1.807, 2.05) is 24.3 Å². The van der Waals surface area contributed by atoms with Gasteiger partial charge in [0.05, 0.1) is 19.3 Å². The minimum absolute atomic E-state index is 0.0904. The largest absolute Gasteiger partial charge is 0.491 e. The molecule has 0 radical (unpaired) electrons. The molecule has 0 saturated carbocycles. The zero-order valence-corrected chi connectivity index (χ0v) is 13.0. The maximum Gasteiger partial charge on any atom is 0.238 e. The number of nitrogens with one attached hydrogen (secondary N) is 2. The second-order valence-electron chi connectivity index (χ2n) is 5.19. The number of methoxy groups -OCH3 is 1. The minimum Gasteiger partial charge on any atom is -0.491 e. The van der Waals surface area contributed by atoms with E-state index in [0.29, 0.717) is 19.8 Å². The van der Waals surface area contributed by atoms with Crippen molar-refractivity contribution in [3.05, 3.63) is 24.3 Å². The number of anilines is 1. The molecule has 2 rings (SSSR count). The maximum atomic E-state index is 11.8. The first kappa shape index (κ1) is 16.7. The fourth-order valence-electron chi connectivity index (χ4n) is 2.21. The molecule has 1 aliphatic heterocycles. The lowest BCUT2D eigenvalue weighted by Crippen LogP contribution is -2.30. The van der Waals surface area contributed by atoms with E-state index in [4.69, 9.17) is 14.2 Å². The summed E-state index contributed by atoms with van der Waals surface area (Å²) in [5.41, 5.74) is 0.725. The van der Waals surface area contributed by atoms with E-state index in [1.165, 1.54) is 0 Å². The molecule has 6 nitrogen and oxygen atoms in total. The number of ether oxygens (including phenoxy) is 3. The zero-order valence-electron chi connectivity index (χ0n) is 13.0. The van der Waals surface area contributed by atoms with Gasteiger partial charge in [0, 0.05) is 32.0 Å². The monoisotopic (exact) mass is 308 g/mol. The Morgan fingerprint density at radius 3 is 3.14 bits per heavy atom. The SMILES string of the molecule is COCCNCC(=O)Nc1cccc(OCC2CCCO2)c1. The molecule has 1 aliphatic rings. The van der Waals surface area contributed by atoms with Crippen molar-refractivity contribution >= 4 is 11.6 Å². The molecule has 1 amide bonds. The van der Waals surface area contributed by atoms with Crippen LogP contribution in [0.5, 0.6) is 5.75 Å². The van der Waals surface area contributed by atoms with Crippen LogP contribution >= 0.6 is 0 Å².